The molecule has 0 saturated heterocycles. The van der Waals surface area contributed by atoms with Crippen molar-refractivity contribution < 1.29 is 5.11 Å². The molecule has 0 aromatic heterocycles. The standard InChI is InChI=1S/C18H10Cl4O/c19-14-13(18(23)17(22)16(21)15(14)20)12-9-5-4-8-11(12)10-6-2-1-3-7-10/h1-9,23H. The zero-order valence-corrected chi connectivity index (χ0v) is 14.7. The molecule has 0 aliphatic carbocycles. The summed E-state index contributed by atoms with van der Waals surface area (Å²) in [4.78, 5) is 0. The van der Waals surface area contributed by atoms with E-state index in [1.54, 1.807) is 0 Å². The number of benzene rings is 3. The van der Waals surface area contributed by atoms with Crippen LogP contribution in [0.25, 0.3) is 22.3 Å². The third-order valence-electron chi connectivity index (χ3n) is 3.52. The first kappa shape index (κ1) is 16.5. The molecule has 1 N–H and O–H groups in total. The molecule has 1 nitrogen and oxygen atoms in total. The molecule has 0 spiro atoms. The molecule has 3 aromatic rings. The van der Waals surface area contributed by atoms with Crippen LogP contribution in [0.15, 0.2) is 54.6 Å². The summed E-state index contributed by atoms with van der Waals surface area (Å²) in [7, 11) is 0. The van der Waals surface area contributed by atoms with Crippen LogP contribution in [0.3, 0.4) is 0 Å². The Morgan fingerprint density at radius 3 is 1.74 bits per heavy atom. The highest BCUT2D eigenvalue weighted by molar-refractivity contribution is 6.53. The van der Waals surface area contributed by atoms with E-state index in [1.807, 2.05) is 54.6 Å². The Hall–Kier alpha value is -1.38. The highest BCUT2D eigenvalue weighted by atomic mass is 35.5. The lowest BCUT2D eigenvalue weighted by atomic mass is 9.94. The van der Waals surface area contributed by atoms with Crippen LogP contribution in [0.1, 0.15) is 0 Å². The van der Waals surface area contributed by atoms with E-state index in [-0.39, 0.29) is 25.8 Å². The van der Waals surface area contributed by atoms with Crippen LogP contribution in [0.5, 0.6) is 5.75 Å². The molecule has 0 aliphatic heterocycles. The SMILES string of the molecule is Oc1c(Cl)c(Cl)c(Cl)c(Cl)c1-c1ccccc1-c1ccccc1. The van der Waals surface area contributed by atoms with Gasteiger partial charge in [-0.3, -0.25) is 0 Å². The normalized spacial score (nSPS) is 10.8. The van der Waals surface area contributed by atoms with Gasteiger partial charge in [0.05, 0.1) is 15.1 Å². The van der Waals surface area contributed by atoms with Gasteiger partial charge in [0.2, 0.25) is 0 Å². The van der Waals surface area contributed by atoms with Crippen LogP contribution in [-0.4, -0.2) is 5.11 Å². The fourth-order valence-electron chi connectivity index (χ4n) is 2.44. The van der Waals surface area contributed by atoms with E-state index in [4.69, 9.17) is 46.4 Å². The minimum atomic E-state index is -0.186. The Bertz CT molecular complexity index is 847. The number of phenols is 1. The molecular formula is C18H10Cl4O. The lowest BCUT2D eigenvalue weighted by molar-refractivity contribution is 0.477. The second-order valence-corrected chi connectivity index (χ2v) is 6.40. The maximum atomic E-state index is 10.4. The highest BCUT2D eigenvalue weighted by Crippen LogP contribution is 2.51. The summed E-state index contributed by atoms with van der Waals surface area (Å²) >= 11 is 24.6. The average Bonchev–Trinajstić information content (AvgIpc) is 2.60. The molecule has 3 aromatic carbocycles. The predicted molar refractivity (Wildman–Crippen MR) is 99.0 cm³/mol. The van der Waals surface area contributed by atoms with E-state index in [9.17, 15) is 5.11 Å². The van der Waals surface area contributed by atoms with Crippen molar-refractivity contribution >= 4 is 46.4 Å². The summed E-state index contributed by atoms with van der Waals surface area (Å²) < 4.78 is 0. The third kappa shape index (κ3) is 2.90. The third-order valence-corrected chi connectivity index (χ3v) is 5.32. The summed E-state index contributed by atoms with van der Waals surface area (Å²) in [5.41, 5.74) is 2.98. The van der Waals surface area contributed by atoms with Crippen LogP contribution in [0, 0.1) is 0 Å². The number of aromatic hydroxyl groups is 1. The molecule has 23 heavy (non-hydrogen) atoms. The van der Waals surface area contributed by atoms with Crippen molar-refractivity contribution in [2.45, 2.75) is 0 Å². The first-order valence-electron chi connectivity index (χ1n) is 6.72. The van der Waals surface area contributed by atoms with Gasteiger partial charge in [0, 0.05) is 5.56 Å². The lowest BCUT2D eigenvalue weighted by Crippen LogP contribution is -1.89. The van der Waals surface area contributed by atoms with Crippen molar-refractivity contribution in [1.29, 1.82) is 0 Å². The summed E-state index contributed by atoms with van der Waals surface area (Å²) in [6, 6.07) is 17.3. The predicted octanol–water partition coefficient (Wildman–Crippen LogP) is 7.34. The summed E-state index contributed by atoms with van der Waals surface area (Å²) in [6.45, 7) is 0. The highest BCUT2D eigenvalue weighted by Gasteiger charge is 2.22. The van der Waals surface area contributed by atoms with Gasteiger partial charge in [0.25, 0.3) is 0 Å². The monoisotopic (exact) mass is 382 g/mol. The van der Waals surface area contributed by atoms with E-state index in [0.717, 1.165) is 16.7 Å². The van der Waals surface area contributed by atoms with E-state index in [0.29, 0.717) is 5.56 Å². The van der Waals surface area contributed by atoms with E-state index in [1.165, 1.54) is 0 Å². The van der Waals surface area contributed by atoms with E-state index in [2.05, 4.69) is 0 Å². The van der Waals surface area contributed by atoms with Crippen molar-refractivity contribution in [3.05, 3.63) is 74.7 Å². The van der Waals surface area contributed by atoms with Crippen molar-refractivity contribution in [1.82, 2.24) is 0 Å². The summed E-state index contributed by atoms with van der Waals surface area (Å²) in [5, 5.41) is 10.8. The van der Waals surface area contributed by atoms with Crippen LogP contribution in [-0.2, 0) is 0 Å². The van der Waals surface area contributed by atoms with Crippen LogP contribution < -0.4 is 0 Å². The van der Waals surface area contributed by atoms with Gasteiger partial charge in [-0.1, -0.05) is 101 Å². The molecule has 0 unspecified atom stereocenters. The van der Waals surface area contributed by atoms with Gasteiger partial charge >= 0.3 is 0 Å². The topological polar surface area (TPSA) is 20.2 Å². The molecule has 0 aliphatic rings. The Labute approximate surface area is 154 Å². The smallest absolute Gasteiger partial charge is 0.145 e. The number of rotatable bonds is 2. The molecule has 5 heteroatoms. The Kier molecular flexibility index (Phi) is 4.74. The molecule has 0 atom stereocenters. The fourth-order valence-corrected chi connectivity index (χ4v) is 3.38. The van der Waals surface area contributed by atoms with E-state index >= 15 is 0 Å². The quantitative estimate of drug-likeness (QED) is 0.362. The lowest BCUT2D eigenvalue weighted by Gasteiger charge is -2.16. The average molecular weight is 384 g/mol. The molecule has 0 radical (unpaired) electrons. The zero-order valence-electron chi connectivity index (χ0n) is 11.7. The molecule has 116 valence electrons. The molecule has 0 fully saturated rings. The van der Waals surface area contributed by atoms with Crippen molar-refractivity contribution in [2.75, 3.05) is 0 Å². The number of phenolic OH excluding ortho intramolecular Hbond substituents is 1. The van der Waals surface area contributed by atoms with Crippen LogP contribution in [0.2, 0.25) is 20.1 Å². The van der Waals surface area contributed by atoms with Gasteiger partial charge < -0.3 is 5.11 Å². The van der Waals surface area contributed by atoms with Crippen LogP contribution >= 0.6 is 46.4 Å². The van der Waals surface area contributed by atoms with Gasteiger partial charge in [0.15, 0.2) is 0 Å². The van der Waals surface area contributed by atoms with Gasteiger partial charge in [0.1, 0.15) is 10.8 Å². The second kappa shape index (κ2) is 6.62. The maximum absolute atomic E-state index is 10.4. The molecule has 0 saturated carbocycles. The molecule has 3 rings (SSSR count). The number of hydrogen-bond donors (Lipinski definition) is 1. The molecule has 0 amide bonds. The Balaban J connectivity index is 2.34. The fraction of sp³-hybridized carbons (Fsp3) is 0. The first-order chi connectivity index (χ1) is 11.0. The zero-order chi connectivity index (χ0) is 16.6. The number of halogens is 4. The van der Waals surface area contributed by atoms with Crippen molar-refractivity contribution in [3.63, 3.8) is 0 Å². The first-order valence-corrected chi connectivity index (χ1v) is 8.23. The van der Waals surface area contributed by atoms with Gasteiger partial charge in [-0.25, -0.2) is 0 Å². The largest absolute Gasteiger partial charge is 0.506 e. The minimum Gasteiger partial charge on any atom is -0.506 e. The number of hydrogen-bond acceptors (Lipinski definition) is 1. The Morgan fingerprint density at radius 2 is 1.09 bits per heavy atom. The Morgan fingerprint density at radius 1 is 0.565 bits per heavy atom. The minimum absolute atomic E-state index is 0.0149. The molecule has 0 heterocycles. The molecular weight excluding hydrogens is 374 g/mol. The summed E-state index contributed by atoms with van der Waals surface area (Å²) in [5.74, 6) is -0.186. The second-order valence-electron chi connectivity index (χ2n) is 4.89. The van der Waals surface area contributed by atoms with Crippen molar-refractivity contribution in [3.8, 4) is 28.0 Å². The van der Waals surface area contributed by atoms with E-state index < -0.39 is 0 Å². The molecule has 0 bridgehead atoms. The maximum Gasteiger partial charge on any atom is 0.145 e. The van der Waals surface area contributed by atoms with Gasteiger partial charge in [-0.2, -0.15) is 0 Å². The van der Waals surface area contributed by atoms with Crippen molar-refractivity contribution in [2.24, 2.45) is 0 Å². The summed E-state index contributed by atoms with van der Waals surface area (Å²) in [6.07, 6.45) is 0. The van der Waals surface area contributed by atoms with Crippen LogP contribution in [0.4, 0.5) is 0 Å². The van der Waals surface area contributed by atoms with Gasteiger partial charge in [-0.15, -0.1) is 0 Å². The van der Waals surface area contributed by atoms with Gasteiger partial charge in [-0.05, 0) is 16.7 Å².